The molecule has 1 aliphatic heterocycles. The first-order chi connectivity index (χ1) is 13.3. The lowest BCUT2D eigenvalue weighted by atomic mass is 10.2. The van der Waals surface area contributed by atoms with Gasteiger partial charge in [-0.25, -0.2) is 0 Å². The van der Waals surface area contributed by atoms with Crippen LogP contribution in [0.25, 0.3) is 0 Å². The van der Waals surface area contributed by atoms with Crippen LogP contribution in [-0.2, 0) is 6.42 Å². The van der Waals surface area contributed by atoms with E-state index in [2.05, 4.69) is 16.4 Å². The molecule has 3 aromatic rings. The fraction of sp³-hybridized carbons (Fsp3) is 0.182. The van der Waals surface area contributed by atoms with Crippen molar-refractivity contribution in [3.63, 3.8) is 0 Å². The van der Waals surface area contributed by atoms with E-state index in [1.807, 2.05) is 55.5 Å². The molecular formula is C22H21N3O2. The van der Waals surface area contributed by atoms with Crippen LogP contribution in [0.5, 0.6) is 5.75 Å². The number of aromatic nitrogens is 1. The van der Waals surface area contributed by atoms with Crippen LogP contribution in [0.1, 0.15) is 23.0 Å². The van der Waals surface area contributed by atoms with E-state index >= 15 is 0 Å². The summed E-state index contributed by atoms with van der Waals surface area (Å²) in [7, 11) is 0. The third-order valence-electron chi connectivity index (χ3n) is 4.58. The van der Waals surface area contributed by atoms with Crippen molar-refractivity contribution in [1.29, 1.82) is 0 Å². The van der Waals surface area contributed by atoms with E-state index in [1.54, 1.807) is 17.2 Å². The van der Waals surface area contributed by atoms with Gasteiger partial charge in [-0.1, -0.05) is 30.3 Å². The molecule has 5 nitrogen and oxygen atoms in total. The summed E-state index contributed by atoms with van der Waals surface area (Å²) in [5.74, 6) is 0.694. The lowest BCUT2D eigenvalue weighted by Gasteiger charge is -2.17. The third-order valence-corrected chi connectivity index (χ3v) is 4.58. The van der Waals surface area contributed by atoms with Gasteiger partial charge < -0.3 is 15.0 Å². The highest BCUT2D eigenvalue weighted by atomic mass is 16.5. The highest BCUT2D eigenvalue weighted by molar-refractivity contribution is 6.06. The molecule has 1 aliphatic rings. The molecule has 0 radical (unpaired) electrons. The summed E-state index contributed by atoms with van der Waals surface area (Å²) in [5.41, 5.74) is 4.25. The molecule has 1 amide bonds. The second kappa shape index (κ2) is 7.50. The van der Waals surface area contributed by atoms with Gasteiger partial charge in [-0.05, 0) is 49.2 Å². The van der Waals surface area contributed by atoms with E-state index in [0.29, 0.717) is 18.8 Å². The molecule has 0 saturated heterocycles. The molecule has 1 aromatic heterocycles. The Morgan fingerprint density at radius 3 is 2.85 bits per heavy atom. The molecule has 0 aliphatic carbocycles. The Bertz CT molecular complexity index is 971. The quantitative estimate of drug-likeness (QED) is 0.732. The summed E-state index contributed by atoms with van der Waals surface area (Å²) in [5, 5.41) is 3.33. The number of nitrogens with zero attached hydrogens (tertiary/aromatic N) is 2. The first-order valence-electron chi connectivity index (χ1n) is 9.11. The zero-order valence-electron chi connectivity index (χ0n) is 15.2. The number of nitrogens with one attached hydrogen (secondary N) is 1. The van der Waals surface area contributed by atoms with Crippen LogP contribution < -0.4 is 15.0 Å². The van der Waals surface area contributed by atoms with E-state index in [0.717, 1.165) is 29.2 Å². The number of benzene rings is 2. The maximum Gasteiger partial charge on any atom is 0.276 e. The summed E-state index contributed by atoms with van der Waals surface area (Å²) in [6.07, 6.45) is 2.53. The van der Waals surface area contributed by atoms with E-state index < -0.39 is 0 Å². The summed E-state index contributed by atoms with van der Waals surface area (Å²) in [6, 6.07) is 19.4. The van der Waals surface area contributed by atoms with E-state index in [1.165, 1.54) is 5.56 Å². The van der Waals surface area contributed by atoms with Crippen LogP contribution in [-0.4, -0.2) is 24.0 Å². The number of para-hydroxylation sites is 3. The van der Waals surface area contributed by atoms with Crippen molar-refractivity contribution in [2.24, 2.45) is 0 Å². The summed E-state index contributed by atoms with van der Waals surface area (Å²) in [4.78, 5) is 19.1. The van der Waals surface area contributed by atoms with Gasteiger partial charge in [0.2, 0.25) is 0 Å². The SMILES string of the molecule is CCOc1ccccc1Nc1ccnc(C(=O)N2CCc3ccccc32)c1. The van der Waals surface area contributed by atoms with Gasteiger partial charge in [0.25, 0.3) is 5.91 Å². The van der Waals surface area contributed by atoms with Gasteiger partial charge in [-0.3, -0.25) is 9.78 Å². The van der Waals surface area contributed by atoms with Gasteiger partial charge in [0.05, 0.1) is 12.3 Å². The van der Waals surface area contributed by atoms with Crippen LogP contribution >= 0.6 is 0 Å². The van der Waals surface area contributed by atoms with Gasteiger partial charge in [0, 0.05) is 24.1 Å². The number of hydrogen-bond acceptors (Lipinski definition) is 4. The Morgan fingerprint density at radius 1 is 1.15 bits per heavy atom. The van der Waals surface area contributed by atoms with Gasteiger partial charge in [0.15, 0.2) is 0 Å². The van der Waals surface area contributed by atoms with Crippen molar-refractivity contribution in [3.8, 4) is 5.75 Å². The van der Waals surface area contributed by atoms with Crippen molar-refractivity contribution in [2.45, 2.75) is 13.3 Å². The van der Waals surface area contributed by atoms with E-state index in [9.17, 15) is 4.79 Å². The van der Waals surface area contributed by atoms with E-state index in [4.69, 9.17) is 4.74 Å². The molecule has 0 spiro atoms. The number of pyridine rings is 1. The monoisotopic (exact) mass is 359 g/mol. The molecule has 0 unspecified atom stereocenters. The van der Waals surface area contributed by atoms with Gasteiger partial charge in [-0.2, -0.15) is 0 Å². The van der Waals surface area contributed by atoms with E-state index in [-0.39, 0.29) is 5.91 Å². The smallest absolute Gasteiger partial charge is 0.276 e. The largest absolute Gasteiger partial charge is 0.492 e. The lowest BCUT2D eigenvalue weighted by Crippen LogP contribution is -2.29. The highest BCUT2D eigenvalue weighted by Crippen LogP contribution is 2.30. The van der Waals surface area contributed by atoms with Crippen LogP contribution in [0.2, 0.25) is 0 Å². The number of carbonyl (C=O) groups excluding carboxylic acids is 1. The Hall–Kier alpha value is -3.34. The number of fused-ring (bicyclic) bond motifs is 1. The predicted molar refractivity (Wildman–Crippen MR) is 107 cm³/mol. The maximum atomic E-state index is 13.0. The Kier molecular flexibility index (Phi) is 4.75. The normalized spacial score (nSPS) is 12.6. The minimum absolute atomic E-state index is 0.0818. The molecule has 136 valence electrons. The Morgan fingerprint density at radius 2 is 1.96 bits per heavy atom. The molecule has 0 atom stereocenters. The molecular weight excluding hydrogens is 338 g/mol. The number of rotatable bonds is 5. The molecule has 27 heavy (non-hydrogen) atoms. The standard InChI is InChI=1S/C22H21N3O2/c1-2-27-21-10-6-4-8-18(21)24-17-11-13-23-19(15-17)22(26)25-14-12-16-7-3-5-9-20(16)25/h3-11,13,15H,2,12,14H2,1H3,(H,23,24). The number of ether oxygens (including phenoxy) is 1. The first kappa shape index (κ1) is 17.1. The average Bonchev–Trinajstić information content (AvgIpc) is 3.13. The summed E-state index contributed by atoms with van der Waals surface area (Å²) in [6.45, 7) is 3.23. The Balaban J connectivity index is 1.58. The number of amides is 1. The highest BCUT2D eigenvalue weighted by Gasteiger charge is 2.26. The minimum Gasteiger partial charge on any atom is -0.492 e. The predicted octanol–water partition coefficient (Wildman–Crippen LogP) is 4.43. The first-order valence-corrected chi connectivity index (χ1v) is 9.11. The fourth-order valence-corrected chi connectivity index (χ4v) is 3.32. The van der Waals surface area contributed by atoms with Crippen molar-refractivity contribution in [2.75, 3.05) is 23.4 Å². The number of carbonyl (C=O) groups is 1. The van der Waals surface area contributed by atoms with Gasteiger partial charge in [-0.15, -0.1) is 0 Å². The number of anilines is 3. The summed E-state index contributed by atoms with van der Waals surface area (Å²) >= 11 is 0. The van der Waals surface area contributed by atoms with Crippen LogP contribution in [0, 0.1) is 0 Å². The minimum atomic E-state index is -0.0818. The zero-order valence-corrected chi connectivity index (χ0v) is 15.2. The van der Waals surface area contributed by atoms with Crippen molar-refractivity contribution >= 4 is 23.0 Å². The van der Waals surface area contributed by atoms with Crippen LogP contribution in [0.3, 0.4) is 0 Å². The van der Waals surface area contributed by atoms with Crippen molar-refractivity contribution in [1.82, 2.24) is 4.98 Å². The lowest BCUT2D eigenvalue weighted by molar-refractivity contribution is 0.0984. The van der Waals surface area contributed by atoms with Crippen molar-refractivity contribution in [3.05, 3.63) is 78.1 Å². The second-order valence-electron chi connectivity index (χ2n) is 6.32. The van der Waals surface area contributed by atoms with Gasteiger partial charge in [0.1, 0.15) is 11.4 Å². The topological polar surface area (TPSA) is 54.5 Å². The molecule has 5 heteroatoms. The molecule has 2 aromatic carbocycles. The summed E-state index contributed by atoms with van der Waals surface area (Å²) < 4.78 is 5.65. The fourth-order valence-electron chi connectivity index (χ4n) is 3.32. The maximum absolute atomic E-state index is 13.0. The second-order valence-corrected chi connectivity index (χ2v) is 6.32. The third kappa shape index (κ3) is 3.49. The van der Waals surface area contributed by atoms with Crippen LogP contribution in [0.15, 0.2) is 66.9 Å². The zero-order chi connectivity index (χ0) is 18.6. The molecule has 4 rings (SSSR count). The Labute approximate surface area is 158 Å². The molecule has 0 bridgehead atoms. The number of hydrogen-bond donors (Lipinski definition) is 1. The molecule has 2 heterocycles. The van der Waals surface area contributed by atoms with Crippen LogP contribution in [0.4, 0.5) is 17.1 Å². The molecule has 0 saturated carbocycles. The van der Waals surface area contributed by atoms with Crippen molar-refractivity contribution < 1.29 is 9.53 Å². The average molecular weight is 359 g/mol. The molecule has 0 fully saturated rings. The van der Waals surface area contributed by atoms with Gasteiger partial charge >= 0.3 is 0 Å². The molecule has 1 N–H and O–H groups in total.